The molecule has 0 radical (unpaired) electrons. The summed E-state index contributed by atoms with van der Waals surface area (Å²) in [5.41, 5.74) is -1.01. The standard InChI is InChI=1S/C14H24O5/c1-3-5-6-7-10-14(18,4-2)11-19-13(17)9-8-12(15)16/h8-9,18H,3-7,10-11H2,1-2H3,(H,15,16)/b9-8-. The van der Waals surface area contributed by atoms with Crippen molar-refractivity contribution in [3.8, 4) is 0 Å². The van der Waals surface area contributed by atoms with Crippen LogP contribution in [0.15, 0.2) is 12.2 Å². The number of aliphatic carboxylic acids is 1. The van der Waals surface area contributed by atoms with Gasteiger partial charge in [-0.1, -0.05) is 39.5 Å². The van der Waals surface area contributed by atoms with E-state index in [1.807, 2.05) is 6.92 Å². The third-order valence-electron chi connectivity index (χ3n) is 3.00. The number of carbonyl (C=O) groups excluding carboxylic acids is 1. The van der Waals surface area contributed by atoms with Crippen molar-refractivity contribution >= 4 is 11.9 Å². The second-order valence-electron chi connectivity index (χ2n) is 4.67. The Kier molecular flexibility index (Phi) is 8.87. The highest BCUT2D eigenvalue weighted by Crippen LogP contribution is 2.20. The topological polar surface area (TPSA) is 83.8 Å². The van der Waals surface area contributed by atoms with Crippen molar-refractivity contribution in [1.29, 1.82) is 0 Å². The molecule has 0 aromatic carbocycles. The average molecular weight is 272 g/mol. The molecule has 2 N–H and O–H groups in total. The van der Waals surface area contributed by atoms with E-state index in [4.69, 9.17) is 9.84 Å². The molecule has 0 spiro atoms. The van der Waals surface area contributed by atoms with Crippen LogP contribution in [0.3, 0.4) is 0 Å². The highest BCUT2D eigenvalue weighted by Gasteiger charge is 2.25. The Labute approximate surface area is 114 Å². The van der Waals surface area contributed by atoms with Crippen LogP contribution in [0.4, 0.5) is 0 Å². The van der Waals surface area contributed by atoms with Crippen molar-refractivity contribution in [2.24, 2.45) is 0 Å². The van der Waals surface area contributed by atoms with Gasteiger partial charge in [0.1, 0.15) is 6.61 Å². The maximum atomic E-state index is 11.2. The molecule has 1 atom stereocenters. The number of esters is 1. The molecule has 0 amide bonds. The van der Waals surface area contributed by atoms with Crippen LogP contribution >= 0.6 is 0 Å². The highest BCUT2D eigenvalue weighted by molar-refractivity contribution is 5.90. The molecule has 5 heteroatoms. The molecule has 1 unspecified atom stereocenters. The molecule has 19 heavy (non-hydrogen) atoms. The van der Waals surface area contributed by atoms with E-state index >= 15 is 0 Å². The molecule has 0 fully saturated rings. The molecule has 0 bridgehead atoms. The number of hydrogen-bond donors (Lipinski definition) is 2. The molecule has 0 saturated heterocycles. The molecule has 0 heterocycles. The van der Waals surface area contributed by atoms with Crippen LogP contribution in [0.1, 0.15) is 52.4 Å². The van der Waals surface area contributed by atoms with Gasteiger partial charge in [-0.25, -0.2) is 9.59 Å². The van der Waals surface area contributed by atoms with E-state index < -0.39 is 17.5 Å². The summed E-state index contributed by atoms with van der Waals surface area (Å²) in [5, 5.41) is 18.6. The normalized spacial score (nSPS) is 14.3. The Bertz CT molecular complexity index is 311. The van der Waals surface area contributed by atoms with Crippen LogP contribution in [-0.4, -0.2) is 34.4 Å². The van der Waals surface area contributed by atoms with Gasteiger partial charge in [-0.15, -0.1) is 0 Å². The van der Waals surface area contributed by atoms with Gasteiger partial charge in [0.2, 0.25) is 0 Å². The number of carbonyl (C=O) groups is 2. The minimum absolute atomic E-state index is 0.0988. The minimum atomic E-state index is -1.21. The van der Waals surface area contributed by atoms with E-state index in [9.17, 15) is 14.7 Å². The molecular formula is C14H24O5. The van der Waals surface area contributed by atoms with Gasteiger partial charge in [0, 0.05) is 12.2 Å². The zero-order valence-corrected chi connectivity index (χ0v) is 11.7. The van der Waals surface area contributed by atoms with Crippen molar-refractivity contribution in [1.82, 2.24) is 0 Å². The van der Waals surface area contributed by atoms with Crippen LogP contribution in [-0.2, 0) is 14.3 Å². The Morgan fingerprint density at radius 1 is 1.16 bits per heavy atom. The van der Waals surface area contributed by atoms with Gasteiger partial charge in [-0.05, 0) is 12.8 Å². The van der Waals surface area contributed by atoms with Crippen molar-refractivity contribution in [3.63, 3.8) is 0 Å². The predicted octanol–water partition coefficient (Wildman–Crippen LogP) is 2.28. The van der Waals surface area contributed by atoms with Gasteiger partial charge in [0.05, 0.1) is 5.60 Å². The monoisotopic (exact) mass is 272 g/mol. The Morgan fingerprint density at radius 2 is 1.84 bits per heavy atom. The second kappa shape index (κ2) is 9.55. The van der Waals surface area contributed by atoms with Crippen LogP contribution in [0, 0.1) is 0 Å². The average Bonchev–Trinajstić information content (AvgIpc) is 2.39. The largest absolute Gasteiger partial charge is 0.478 e. The third kappa shape index (κ3) is 9.25. The second-order valence-corrected chi connectivity index (χ2v) is 4.67. The predicted molar refractivity (Wildman–Crippen MR) is 71.7 cm³/mol. The van der Waals surface area contributed by atoms with Gasteiger partial charge >= 0.3 is 11.9 Å². The third-order valence-corrected chi connectivity index (χ3v) is 3.00. The number of aliphatic hydroxyl groups is 1. The van der Waals surface area contributed by atoms with Gasteiger partial charge in [-0.2, -0.15) is 0 Å². The lowest BCUT2D eigenvalue weighted by Gasteiger charge is -2.26. The number of unbranched alkanes of at least 4 members (excludes halogenated alkanes) is 3. The fraction of sp³-hybridized carbons (Fsp3) is 0.714. The van der Waals surface area contributed by atoms with E-state index in [2.05, 4.69) is 6.92 Å². The summed E-state index contributed by atoms with van der Waals surface area (Å²) in [4.78, 5) is 21.4. The summed E-state index contributed by atoms with van der Waals surface area (Å²) >= 11 is 0. The lowest BCUT2D eigenvalue weighted by Crippen LogP contribution is -2.34. The van der Waals surface area contributed by atoms with E-state index in [0.29, 0.717) is 18.9 Å². The number of rotatable bonds is 10. The van der Waals surface area contributed by atoms with Crippen LogP contribution in [0.25, 0.3) is 0 Å². The first-order valence-electron chi connectivity index (χ1n) is 6.73. The fourth-order valence-electron chi connectivity index (χ4n) is 1.62. The van der Waals surface area contributed by atoms with E-state index in [0.717, 1.165) is 31.8 Å². The maximum Gasteiger partial charge on any atom is 0.331 e. The summed E-state index contributed by atoms with van der Waals surface area (Å²) in [7, 11) is 0. The number of carboxylic acid groups (broad SMARTS) is 1. The summed E-state index contributed by atoms with van der Waals surface area (Å²) in [6.45, 7) is 3.85. The van der Waals surface area contributed by atoms with E-state index in [-0.39, 0.29) is 6.61 Å². The van der Waals surface area contributed by atoms with Crippen LogP contribution in [0.5, 0.6) is 0 Å². The summed E-state index contributed by atoms with van der Waals surface area (Å²) in [6, 6.07) is 0. The molecule has 0 aliphatic heterocycles. The maximum absolute atomic E-state index is 11.2. The number of carboxylic acids is 1. The first-order chi connectivity index (χ1) is 8.93. The number of ether oxygens (including phenoxy) is 1. The summed E-state index contributed by atoms with van der Waals surface area (Å²) < 4.78 is 4.87. The van der Waals surface area contributed by atoms with Crippen molar-refractivity contribution in [2.45, 2.75) is 58.0 Å². The van der Waals surface area contributed by atoms with Crippen LogP contribution in [0.2, 0.25) is 0 Å². The lowest BCUT2D eigenvalue weighted by molar-refractivity contribution is -0.146. The molecule has 0 aliphatic rings. The molecule has 0 aromatic rings. The Balaban J connectivity index is 4.08. The van der Waals surface area contributed by atoms with Gasteiger partial charge in [0.25, 0.3) is 0 Å². The smallest absolute Gasteiger partial charge is 0.331 e. The van der Waals surface area contributed by atoms with Crippen LogP contribution < -0.4 is 0 Å². The van der Waals surface area contributed by atoms with Gasteiger partial charge in [0.15, 0.2) is 0 Å². The zero-order chi connectivity index (χ0) is 14.7. The molecule has 0 aliphatic carbocycles. The summed E-state index contributed by atoms with van der Waals surface area (Å²) in [6.07, 6.45) is 6.82. The van der Waals surface area contributed by atoms with E-state index in [1.54, 1.807) is 0 Å². The first kappa shape index (κ1) is 17.6. The summed E-state index contributed by atoms with van der Waals surface area (Å²) in [5.74, 6) is -1.95. The van der Waals surface area contributed by atoms with Crippen molar-refractivity contribution < 1.29 is 24.5 Å². The Morgan fingerprint density at radius 3 is 2.37 bits per heavy atom. The molecule has 110 valence electrons. The fourth-order valence-corrected chi connectivity index (χ4v) is 1.62. The van der Waals surface area contributed by atoms with Gasteiger partial charge < -0.3 is 14.9 Å². The molecular weight excluding hydrogens is 248 g/mol. The molecule has 0 rings (SSSR count). The Hall–Kier alpha value is -1.36. The lowest BCUT2D eigenvalue weighted by atomic mass is 9.94. The zero-order valence-electron chi connectivity index (χ0n) is 11.7. The minimum Gasteiger partial charge on any atom is -0.478 e. The van der Waals surface area contributed by atoms with Gasteiger partial charge in [-0.3, -0.25) is 0 Å². The van der Waals surface area contributed by atoms with E-state index in [1.165, 1.54) is 0 Å². The molecule has 0 saturated carbocycles. The van der Waals surface area contributed by atoms with Crippen molar-refractivity contribution in [3.05, 3.63) is 12.2 Å². The van der Waals surface area contributed by atoms with Crippen molar-refractivity contribution in [2.75, 3.05) is 6.61 Å². The first-order valence-corrected chi connectivity index (χ1v) is 6.73. The number of hydrogen-bond acceptors (Lipinski definition) is 4. The highest BCUT2D eigenvalue weighted by atomic mass is 16.5. The molecule has 5 nitrogen and oxygen atoms in total. The molecule has 0 aromatic heterocycles. The quantitative estimate of drug-likeness (QED) is 0.362. The SMILES string of the molecule is CCCCCCC(O)(CC)COC(=O)/C=C\C(=O)O.